The quantitative estimate of drug-likeness (QED) is 0.484. The number of H-pyrrole nitrogens is 1. The summed E-state index contributed by atoms with van der Waals surface area (Å²) in [5, 5.41) is 13.4. The average Bonchev–Trinajstić information content (AvgIpc) is 3.57. The lowest BCUT2D eigenvalue weighted by Crippen LogP contribution is -2.36. The highest BCUT2D eigenvalue weighted by Gasteiger charge is 2.27. The smallest absolute Gasteiger partial charge is 0.243 e. The van der Waals surface area contributed by atoms with Crippen molar-refractivity contribution in [1.29, 1.82) is 0 Å². The maximum Gasteiger partial charge on any atom is 0.243 e. The zero-order valence-electron chi connectivity index (χ0n) is 20.5. The van der Waals surface area contributed by atoms with Crippen molar-refractivity contribution in [2.24, 2.45) is 0 Å². The van der Waals surface area contributed by atoms with Gasteiger partial charge in [0.1, 0.15) is 0 Å². The van der Waals surface area contributed by atoms with E-state index in [9.17, 15) is 9.59 Å². The van der Waals surface area contributed by atoms with Crippen molar-refractivity contribution in [3.63, 3.8) is 0 Å². The van der Waals surface area contributed by atoms with Crippen LogP contribution in [-0.4, -0.2) is 53.6 Å². The first-order chi connectivity index (χ1) is 16.4. The molecule has 1 aromatic heterocycles. The maximum atomic E-state index is 12.8. The molecular formula is C27H37N5O2. The molecule has 0 spiro atoms. The third kappa shape index (κ3) is 6.56. The Kier molecular flexibility index (Phi) is 7.83. The van der Waals surface area contributed by atoms with Crippen LogP contribution < -0.4 is 10.6 Å². The van der Waals surface area contributed by atoms with E-state index in [1.807, 2.05) is 44.1 Å². The van der Waals surface area contributed by atoms with Gasteiger partial charge in [-0.15, -0.1) is 0 Å². The Labute approximate surface area is 202 Å². The van der Waals surface area contributed by atoms with Gasteiger partial charge in [-0.3, -0.25) is 14.7 Å². The monoisotopic (exact) mass is 463 g/mol. The molecule has 7 heteroatoms. The summed E-state index contributed by atoms with van der Waals surface area (Å²) in [6, 6.07) is 10.6. The minimum absolute atomic E-state index is 0.00620. The molecule has 2 aliphatic rings. The summed E-state index contributed by atoms with van der Waals surface area (Å²) in [4.78, 5) is 27.0. The van der Waals surface area contributed by atoms with Crippen LogP contribution in [0.5, 0.6) is 0 Å². The van der Waals surface area contributed by atoms with Crippen molar-refractivity contribution in [3.8, 4) is 0 Å². The lowest BCUT2D eigenvalue weighted by molar-refractivity contribution is -0.118. The molecule has 1 atom stereocenters. The molecule has 7 nitrogen and oxygen atoms in total. The normalized spacial score (nSPS) is 21.5. The van der Waals surface area contributed by atoms with Crippen LogP contribution in [0, 0.1) is 0 Å². The van der Waals surface area contributed by atoms with Gasteiger partial charge in [0.2, 0.25) is 11.8 Å². The van der Waals surface area contributed by atoms with Gasteiger partial charge >= 0.3 is 0 Å². The van der Waals surface area contributed by atoms with Crippen molar-refractivity contribution >= 4 is 17.6 Å². The number of aromatic nitrogens is 2. The van der Waals surface area contributed by atoms with E-state index in [1.54, 1.807) is 6.08 Å². The molecule has 1 heterocycles. The predicted molar refractivity (Wildman–Crippen MR) is 135 cm³/mol. The van der Waals surface area contributed by atoms with Crippen LogP contribution in [0.2, 0.25) is 0 Å². The molecule has 0 saturated heterocycles. The van der Waals surface area contributed by atoms with Gasteiger partial charge in [0.15, 0.2) is 5.82 Å². The molecule has 3 N–H and O–H groups in total. The standard InChI is InChI=1S/C27H37N5O2/c1-18(27(34)29-25-17-24(30-31-25)20-9-10-20)21-6-4-7-22(16-21)19-11-13-23(14-12-19)28-26(33)8-5-15-32(2)3/h4-8,16-20,23H,9-15H2,1-3H3,(H,28,33)(H2,29,30,31,34)/b8-5+. The van der Waals surface area contributed by atoms with Crippen LogP contribution in [0.15, 0.2) is 42.5 Å². The number of amides is 2. The lowest BCUT2D eigenvalue weighted by Gasteiger charge is -2.29. The first kappa shape index (κ1) is 24.2. The Morgan fingerprint density at radius 1 is 1.12 bits per heavy atom. The van der Waals surface area contributed by atoms with Crippen molar-refractivity contribution < 1.29 is 9.59 Å². The number of carbonyl (C=O) groups is 2. The van der Waals surface area contributed by atoms with Gasteiger partial charge in [-0.05, 0) is 76.6 Å². The Morgan fingerprint density at radius 3 is 2.56 bits per heavy atom. The number of aromatic amines is 1. The SMILES string of the molecule is CC(C(=O)Nc1cc(C2CC2)[nH]n1)c1cccc(C2CCC(NC(=O)/C=C/CN(C)C)CC2)c1. The molecule has 1 aromatic carbocycles. The number of rotatable bonds is 9. The summed E-state index contributed by atoms with van der Waals surface area (Å²) in [5.74, 6) is 1.33. The van der Waals surface area contributed by atoms with Crippen LogP contribution in [0.4, 0.5) is 5.82 Å². The predicted octanol–water partition coefficient (Wildman–Crippen LogP) is 4.29. The topological polar surface area (TPSA) is 90.1 Å². The summed E-state index contributed by atoms with van der Waals surface area (Å²) in [6.07, 6.45) is 9.93. The number of anilines is 1. The minimum atomic E-state index is -0.259. The Bertz CT molecular complexity index is 1020. The molecule has 4 rings (SSSR count). The highest BCUT2D eigenvalue weighted by Crippen LogP contribution is 2.39. The summed E-state index contributed by atoms with van der Waals surface area (Å²) >= 11 is 0. The summed E-state index contributed by atoms with van der Waals surface area (Å²) in [7, 11) is 3.96. The number of likely N-dealkylation sites (N-methyl/N-ethyl adjacent to an activating group) is 1. The zero-order chi connectivity index (χ0) is 24.1. The Morgan fingerprint density at radius 2 is 1.85 bits per heavy atom. The molecule has 2 fully saturated rings. The van der Waals surface area contributed by atoms with E-state index >= 15 is 0 Å². The maximum absolute atomic E-state index is 12.8. The van der Waals surface area contributed by atoms with Crippen LogP contribution in [0.1, 0.15) is 80.0 Å². The summed E-state index contributed by atoms with van der Waals surface area (Å²) in [6.45, 7) is 2.70. The largest absolute Gasteiger partial charge is 0.350 e. The van der Waals surface area contributed by atoms with Gasteiger partial charge in [0.05, 0.1) is 5.92 Å². The number of nitrogens with zero attached hydrogens (tertiary/aromatic N) is 2. The van der Waals surface area contributed by atoms with E-state index in [0.717, 1.165) is 43.5 Å². The van der Waals surface area contributed by atoms with E-state index in [0.29, 0.717) is 17.7 Å². The molecule has 2 saturated carbocycles. The van der Waals surface area contributed by atoms with E-state index in [2.05, 4.69) is 39.0 Å². The van der Waals surface area contributed by atoms with Crippen molar-refractivity contribution in [2.75, 3.05) is 26.0 Å². The number of hydrogen-bond acceptors (Lipinski definition) is 4. The first-order valence-electron chi connectivity index (χ1n) is 12.5. The van der Waals surface area contributed by atoms with E-state index in [-0.39, 0.29) is 23.8 Å². The Balaban J connectivity index is 1.28. The second-order valence-corrected chi connectivity index (χ2v) is 10.1. The molecule has 1 unspecified atom stereocenters. The van der Waals surface area contributed by atoms with Crippen LogP contribution >= 0.6 is 0 Å². The number of nitrogens with one attached hydrogen (secondary N) is 3. The van der Waals surface area contributed by atoms with Crippen molar-refractivity contribution in [1.82, 2.24) is 20.4 Å². The van der Waals surface area contributed by atoms with Gasteiger partial charge in [-0.2, -0.15) is 5.10 Å². The fourth-order valence-electron chi connectivity index (χ4n) is 4.66. The van der Waals surface area contributed by atoms with E-state index < -0.39 is 0 Å². The molecule has 2 amide bonds. The fourth-order valence-corrected chi connectivity index (χ4v) is 4.66. The second-order valence-electron chi connectivity index (χ2n) is 10.1. The highest BCUT2D eigenvalue weighted by atomic mass is 16.2. The van der Waals surface area contributed by atoms with Crippen LogP contribution in [0.25, 0.3) is 0 Å². The summed E-state index contributed by atoms with van der Waals surface area (Å²) < 4.78 is 0. The van der Waals surface area contributed by atoms with Crippen molar-refractivity contribution in [3.05, 3.63) is 59.3 Å². The lowest BCUT2D eigenvalue weighted by atomic mass is 9.80. The molecule has 0 radical (unpaired) electrons. The third-order valence-corrected chi connectivity index (χ3v) is 6.95. The molecule has 34 heavy (non-hydrogen) atoms. The first-order valence-corrected chi connectivity index (χ1v) is 12.5. The average molecular weight is 464 g/mol. The van der Waals surface area contributed by atoms with Gasteiger partial charge in [0.25, 0.3) is 0 Å². The molecule has 2 aliphatic carbocycles. The molecule has 0 bridgehead atoms. The number of benzene rings is 1. The molecule has 2 aromatic rings. The number of hydrogen-bond donors (Lipinski definition) is 3. The van der Waals surface area contributed by atoms with Gasteiger partial charge in [-0.1, -0.05) is 30.3 Å². The van der Waals surface area contributed by atoms with Gasteiger partial charge in [0, 0.05) is 36.3 Å². The highest BCUT2D eigenvalue weighted by molar-refractivity contribution is 5.94. The van der Waals surface area contributed by atoms with E-state index in [1.165, 1.54) is 18.4 Å². The molecular weight excluding hydrogens is 426 g/mol. The van der Waals surface area contributed by atoms with Crippen LogP contribution in [0.3, 0.4) is 0 Å². The fraction of sp³-hybridized carbons (Fsp3) is 0.519. The second kappa shape index (κ2) is 11.0. The summed E-state index contributed by atoms with van der Waals surface area (Å²) in [5.41, 5.74) is 3.42. The van der Waals surface area contributed by atoms with Crippen molar-refractivity contribution in [2.45, 2.75) is 69.2 Å². The van der Waals surface area contributed by atoms with Gasteiger partial charge < -0.3 is 15.5 Å². The van der Waals surface area contributed by atoms with E-state index in [4.69, 9.17) is 0 Å². The zero-order valence-corrected chi connectivity index (χ0v) is 20.5. The van der Waals surface area contributed by atoms with Gasteiger partial charge in [-0.25, -0.2) is 0 Å². The number of carbonyl (C=O) groups excluding carboxylic acids is 2. The molecule has 0 aliphatic heterocycles. The third-order valence-electron chi connectivity index (χ3n) is 6.95. The molecule has 182 valence electrons. The minimum Gasteiger partial charge on any atom is -0.350 e. The van der Waals surface area contributed by atoms with Crippen LogP contribution in [-0.2, 0) is 9.59 Å². The Hall–Kier alpha value is -2.93.